The molecule has 0 heterocycles. The second kappa shape index (κ2) is 11.2. The molecule has 0 unspecified atom stereocenters. The van der Waals surface area contributed by atoms with Crippen LogP contribution in [0.3, 0.4) is 0 Å². The van der Waals surface area contributed by atoms with Gasteiger partial charge in [0.2, 0.25) is 11.6 Å². The van der Waals surface area contributed by atoms with Crippen LogP contribution in [0.5, 0.6) is 11.5 Å². The molecule has 0 spiro atoms. The molecule has 33 heavy (non-hydrogen) atoms. The van der Waals surface area contributed by atoms with Crippen molar-refractivity contribution in [1.82, 2.24) is 0 Å². The van der Waals surface area contributed by atoms with E-state index >= 15 is 0 Å². The van der Waals surface area contributed by atoms with E-state index in [-0.39, 0.29) is 17.1 Å². The van der Waals surface area contributed by atoms with E-state index in [4.69, 9.17) is 4.74 Å². The second-order valence-electron chi connectivity index (χ2n) is 6.97. The van der Waals surface area contributed by atoms with Gasteiger partial charge in [0.15, 0.2) is 5.78 Å². The molecular formula is C28H22O5. The van der Waals surface area contributed by atoms with Gasteiger partial charge in [0, 0.05) is 22.8 Å². The number of benzene rings is 4. The summed E-state index contributed by atoms with van der Waals surface area (Å²) in [7, 11) is 1.51. The van der Waals surface area contributed by atoms with Crippen molar-refractivity contribution in [3.8, 4) is 11.5 Å². The molecule has 0 fully saturated rings. The van der Waals surface area contributed by atoms with Crippen molar-refractivity contribution >= 4 is 17.3 Å². The molecule has 0 aliphatic rings. The Balaban J connectivity index is 0.000000186. The van der Waals surface area contributed by atoms with Crippen molar-refractivity contribution in [2.45, 2.75) is 0 Å². The van der Waals surface area contributed by atoms with Crippen molar-refractivity contribution in [2.75, 3.05) is 7.11 Å². The lowest BCUT2D eigenvalue weighted by molar-refractivity contribution is 0.0817. The standard InChI is InChI=1S/C14H12O3.C14H10O2/c1-17-11-7-8-12(13(15)9-11)14(16)10-5-3-2-4-6-10;15-13(11-7-3-1-4-8-11)14(16)12-9-5-2-6-10-12/h2-9,15H,1H3;1-10H. The topological polar surface area (TPSA) is 80.7 Å². The fourth-order valence-corrected chi connectivity index (χ4v) is 3.02. The van der Waals surface area contributed by atoms with Crippen molar-refractivity contribution in [3.63, 3.8) is 0 Å². The number of hydrogen-bond acceptors (Lipinski definition) is 5. The minimum atomic E-state index is -0.466. The highest BCUT2D eigenvalue weighted by molar-refractivity contribution is 6.49. The predicted octanol–water partition coefficient (Wildman–Crippen LogP) is 5.38. The van der Waals surface area contributed by atoms with Crippen molar-refractivity contribution in [1.29, 1.82) is 0 Å². The highest BCUT2D eigenvalue weighted by atomic mass is 16.5. The Hall–Kier alpha value is -4.51. The van der Waals surface area contributed by atoms with Crippen LogP contribution in [0.25, 0.3) is 0 Å². The van der Waals surface area contributed by atoms with Crippen LogP contribution in [0.4, 0.5) is 0 Å². The van der Waals surface area contributed by atoms with E-state index in [0.717, 1.165) is 0 Å². The third-order valence-electron chi connectivity index (χ3n) is 4.76. The number of ether oxygens (including phenoxy) is 1. The molecule has 0 aliphatic heterocycles. The Bertz CT molecular complexity index is 1180. The van der Waals surface area contributed by atoms with E-state index in [0.29, 0.717) is 22.4 Å². The summed E-state index contributed by atoms with van der Waals surface area (Å²) >= 11 is 0. The molecule has 0 aromatic heterocycles. The SMILES string of the molecule is COc1ccc(C(=O)c2ccccc2)c(O)c1.O=C(C(=O)c1ccccc1)c1ccccc1. The van der Waals surface area contributed by atoms with E-state index in [1.807, 2.05) is 18.2 Å². The van der Waals surface area contributed by atoms with Crippen LogP contribution in [0.2, 0.25) is 0 Å². The maximum absolute atomic E-state index is 12.1. The average Bonchev–Trinajstić information content (AvgIpc) is 2.89. The van der Waals surface area contributed by atoms with Gasteiger partial charge in [-0.2, -0.15) is 0 Å². The molecule has 0 aliphatic carbocycles. The van der Waals surface area contributed by atoms with Gasteiger partial charge in [-0.3, -0.25) is 14.4 Å². The molecule has 4 rings (SSSR count). The summed E-state index contributed by atoms with van der Waals surface area (Å²) in [5.41, 5.74) is 1.68. The molecule has 164 valence electrons. The van der Waals surface area contributed by atoms with Crippen LogP contribution in [0.15, 0.2) is 109 Å². The van der Waals surface area contributed by atoms with E-state index in [1.54, 1.807) is 84.9 Å². The molecule has 0 saturated heterocycles. The van der Waals surface area contributed by atoms with Gasteiger partial charge in [-0.15, -0.1) is 0 Å². The van der Waals surface area contributed by atoms with E-state index < -0.39 is 11.6 Å². The average molecular weight is 438 g/mol. The first-order valence-corrected chi connectivity index (χ1v) is 10.2. The lowest BCUT2D eigenvalue weighted by atomic mass is 10.0. The molecule has 0 bridgehead atoms. The predicted molar refractivity (Wildman–Crippen MR) is 126 cm³/mol. The van der Waals surface area contributed by atoms with E-state index in [2.05, 4.69) is 0 Å². The van der Waals surface area contributed by atoms with Crippen LogP contribution >= 0.6 is 0 Å². The number of carbonyl (C=O) groups is 3. The first-order valence-electron chi connectivity index (χ1n) is 10.2. The number of methoxy groups -OCH3 is 1. The largest absolute Gasteiger partial charge is 0.507 e. The Morgan fingerprint density at radius 2 is 1.03 bits per heavy atom. The number of aromatic hydroxyl groups is 1. The quantitative estimate of drug-likeness (QED) is 0.323. The number of hydrogen-bond donors (Lipinski definition) is 1. The second-order valence-corrected chi connectivity index (χ2v) is 6.97. The zero-order valence-electron chi connectivity index (χ0n) is 18.0. The molecule has 5 nitrogen and oxygen atoms in total. The Kier molecular flexibility index (Phi) is 7.86. The molecule has 4 aromatic carbocycles. The molecule has 4 aromatic rings. The molecule has 0 amide bonds. The lowest BCUT2D eigenvalue weighted by Crippen LogP contribution is -2.14. The molecule has 1 N–H and O–H groups in total. The summed E-state index contributed by atoms with van der Waals surface area (Å²) in [5.74, 6) is -0.685. The van der Waals surface area contributed by atoms with Crippen molar-refractivity contribution < 1.29 is 24.2 Å². The van der Waals surface area contributed by atoms with Gasteiger partial charge in [0.1, 0.15) is 11.5 Å². The van der Waals surface area contributed by atoms with Crippen LogP contribution in [0, 0.1) is 0 Å². The normalized spacial score (nSPS) is 9.85. The Morgan fingerprint density at radius 3 is 1.42 bits per heavy atom. The number of phenols is 1. The van der Waals surface area contributed by atoms with E-state index in [9.17, 15) is 19.5 Å². The third kappa shape index (κ3) is 6.02. The Morgan fingerprint density at radius 1 is 0.606 bits per heavy atom. The number of ketones is 3. The van der Waals surface area contributed by atoms with Gasteiger partial charge in [0.05, 0.1) is 12.7 Å². The van der Waals surface area contributed by atoms with Crippen molar-refractivity contribution in [3.05, 3.63) is 131 Å². The van der Waals surface area contributed by atoms with Gasteiger partial charge in [0.25, 0.3) is 0 Å². The number of Topliss-reactive ketones (excluding diaryl/α,β-unsaturated/α-hetero) is 2. The van der Waals surface area contributed by atoms with Crippen LogP contribution in [0.1, 0.15) is 36.6 Å². The molecule has 5 heteroatoms. The first kappa shape index (κ1) is 23.2. The zero-order valence-corrected chi connectivity index (χ0v) is 18.0. The number of carbonyl (C=O) groups excluding carboxylic acids is 3. The van der Waals surface area contributed by atoms with Crippen LogP contribution in [-0.2, 0) is 0 Å². The monoisotopic (exact) mass is 438 g/mol. The summed E-state index contributed by atoms with van der Waals surface area (Å²) in [5, 5.41) is 9.75. The highest BCUT2D eigenvalue weighted by Crippen LogP contribution is 2.25. The van der Waals surface area contributed by atoms with Crippen LogP contribution < -0.4 is 4.74 Å². The minimum absolute atomic E-state index is 0.0711. The zero-order chi connectivity index (χ0) is 23.6. The molecular weight excluding hydrogens is 416 g/mol. The van der Waals surface area contributed by atoms with Crippen LogP contribution in [-0.4, -0.2) is 29.6 Å². The first-order chi connectivity index (χ1) is 16.0. The summed E-state index contributed by atoms with van der Waals surface area (Å²) in [6, 6.07) is 30.6. The maximum Gasteiger partial charge on any atom is 0.233 e. The molecule has 0 saturated carbocycles. The number of rotatable bonds is 6. The van der Waals surface area contributed by atoms with Gasteiger partial charge >= 0.3 is 0 Å². The molecule has 0 radical (unpaired) electrons. The third-order valence-corrected chi connectivity index (χ3v) is 4.76. The summed E-state index contributed by atoms with van der Waals surface area (Å²) in [4.78, 5) is 35.7. The van der Waals surface area contributed by atoms with E-state index in [1.165, 1.54) is 13.2 Å². The fraction of sp³-hybridized carbons (Fsp3) is 0.0357. The summed E-state index contributed by atoms with van der Waals surface area (Å²) in [6.45, 7) is 0. The van der Waals surface area contributed by atoms with Gasteiger partial charge in [-0.25, -0.2) is 0 Å². The summed E-state index contributed by atoms with van der Waals surface area (Å²) in [6.07, 6.45) is 0. The fourth-order valence-electron chi connectivity index (χ4n) is 3.02. The summed E-state index contributed by atoms with van der Waals surface area (Å²) < 4.78 is 4.96. The molecule has 0 atom stereocenters. The highest BCUT2D eigenvalue weighted by Gasteiger charge is 2.17. The minimum Gasteiger partial charge on any atom is -0.507 e. The lowest BCUT2D eigenvalue weighted by Gasteiger charge is -2.06. The van der Waals surface area contributed by atoms with Crippen molar-refractivity contribution in [2.24, 2.45) is 0 Å². The van der Waals surface area contributed by atoms with Gasteiger partial charge in [-0.05, 0) is 12.1 Å². The van der Waals surface area contributed by atoms with Gasteiger partial charge in [-0.1, -0.05) is 91.0 Å². The van der Waals surface area contributed by atoms with Gasteiger partial charge < -0.3 is 9.84 Å². The smallest absolute Gasteiger partial charge is 0.233 e. The maximum atomic E-state index is 12.1. The Labute approximate surface area is 191 Å². The number of phenolic OH excluding ortho intramolecular Hbond substituents is 1.